The van der Waals surface area contributed by atoms with Crippen LogP contribution in [0.2, 0.25) is 0 Å². The summed E-state index contributed by atoms with van der Waals surface area (Å²) in [6.45, 7) is 8.12. The van der Waals surface area contributed by atoms with Crippen molar-refractivity contribution in [3.63, 3.8) is 0 Å². The van der Waals surface area contributed by atoms with E-state index < -0.39 is 6.04 Å². The molecule has 0 bridgehead atoms. The van der Waals surface area contributed by atoms with E-state index in [-0.39, 0.29) is 17.9 Å². The van der Waals surface area contributed by atoms with E-state index in [1.807, 2.05) is 45.0 Å². The molecule has 0 saturated heterocycles. The lowest BCUT2D eigenvalue weighted by Crippen LogP contribution is -2.49. The molecule has 1 aromatic rings. The molecule has 1 rings (SSSR count). The topological polar surface area (TPSA) is 58.6 Å². The molecule has 0 fully saturated rings. The Morgan fingerprint density at radius 1 is 1.25 bits per heavy atom. The molecule has 5 nitrogen and oxygen atoms in total. The minimum Gasteiger partial charge on any atom is -0.497 e. The molecular formula is C19H30N2O3. The summed E-state index contributed by atoms with van der Waals surface area (Å²) in [5.41, 5.74) is 0.946. The van der Waals surface area contributed by atoms with Gasteiger partial charge in [-0.05, 0) is 44.4 Å². The van der Waals surface area contributed by atoms with Gasteiger partial charge in [0.05, 0.1) is 7.11 Å². The fourth-order valence-corrected chi connectivity index (χ4v) is 2.37. The molecule has 2 atom stereocenters. The number of benzene rings is 1. The van der Waals surface area contributed by atoms with Gasteiger partial charge in [0.15, 0.2) is 0 Å². The van der Waals surface area contributed by atoms with Gasteiger partial charge >= 0.3 is 0 Å². The number of methoxy groups -OCH3 is 1. The van der Waals surface area contributed by atoms with Crippen molar-refractivity contribution >= 4 is 11.8 Å². The molecular weight excluding hydrogens is 304 g/mol. The second-order valence-electron chi connectivity index (χ2n) is 6.12. The van der Waals surface area contributed by atoms with Crippen molar-refractivity contribution in [1.82, 2.24) is 10.2 Å². The first-order chi connectivity index (χ1) is 11.4. The van der Waals surface area contributed by atoms with E-state index in [4.69, 9.17) is 4.74 Å². The Kier molecular flexibility index (Phi) is 8.30. The molecule has 0 aromatic heterocycles. The molecule has 0 aliphatic rings. The van der Waals surface area contributed by atoms with Crippen LogP contribution < -0.4 is 10.1 Å². The van der Waals surface area contributed by atoms with Crippen LogP contribution in [0.1, 0.15) is 52.5 Å². The average molecular weight is 334 g/mol. The van der Waals surface area contributed by atoms with Gasteiger partial charge < -0.3 is 15.0 Å². The van der Waals surface area contributed by atoms with Crippen LogP contribution in [0.3, 0.4) is 0 Å². The Morgan fingerprint density at radius 2 is 1.96 bits per heavy atom. The Labute approximate surface area is 145 Å². The zero-order valence-corrected chi connectivity index (χ0v) is 15.5. The maximum Gasteiger partial charge on any atom is 0.242 e. The van der Waals surface area contributed by atoms with Gasteiger partial charge in [0, 0.05) is 19.0 Å². The first-order valence-electron chi connectivity index (χ1n) is 8.65. The Morgan fingerprint density at radius 3 is 2.54 bits per heavy atom. The number of amides is 2. The lowest BCUT2D eigenvalue weighted by Gasteiger charge is -2.29. The highest BCUT2D eigenvalue weighted by Gasteiger charge is 2.26. The molecule has 0 aliphatic carbocycles. The molecule has 0 spiro atoms. The van der Waals surface area contributed by atoms with E-state index in [1.54, 1.807) is 18.9 Å². The lowest BCUT2D eigenvalue weighted by atomic mass is 10.1. The predicted molar refractivity (Wildman–Crippen MR) is 95.8 cm³/mol. The highest BCUT2D eigenvalue weighted by Crippen LogP contribution is 2.17. The maximum absolute atomic E-state index is 12.5. The summed E-state index contributed by atoms with van der Waals surface area (Å²) in [6, 6.07) is 7.17. The van der Waals surface area contributed by atoms with Crippen LogP contribution in [-0.4, -0.2) is 35.9 Å². The largest absolute Gasteiger partial charge is 0.497 e. The van der Waals surface area contributed by atoms with Crippen molar-refractivity contribution in [3.05, 3.63) is 29.8 Å². The number of hydrogen-bond donors (Lipinski definition) is 1. The first-order valence-corrected chi connectivity index (χ1v) is 8.65. The van der Waals surface area contributed by atoms with Crippen LogP contribution in [0.4, 0.5) is 0 Å². The minimum atomic E-state index is -0.510. The summed E-state index contributed by atoms with van der Waals surface area (Å²) >= 11 is 0. The van der Waals surface area contributed by atoms with Crippen LogP contribution in [0, 0.1) is 0 Å². The molecule has 0 unspecified atom stereocenters. The highest BCUT2D eigenvalue weighted by atomic mass is 16.5. The summed E-state index contributed by atoms with van der Waals surface area (Å²) in [5.74, 6) is 0.621. The van der Waals surface area contributed by atoms with E-state index in [2.05, 4.69) is 5.32 Å². The van der Waals surface area contributed by atoms with Crippen LogP contribution in [0.25, 0.3) is 0 Å². The van der Waals surface area contributed by atoms with E-state index in [9.17, 15) is 9.59 Å². The molecule has 5 heteroatoms. The fourth-order valence-electron chi connectivity index (χ4n) is 2.37. The number of nitrogens with zero attached hydrogens (tertiary/aromatic N) is 1. The third-order valence-electron chi connectivity index (χ3n) is 4.12. The molecule has 134 valence electrons. The van der Waals surface area contributed by atoms with E-state index in [0.717, 1.165) is 24.2 Å². The van der Waals surface area contributed by atoms with Gasteiger partial charge in [-0.25, -0.2) is 0 Å². The van der Waals surface area contributed by atoms with Gasteiger partial charge in [-0.1, -0.05) is 26.0 Å². The quantitative estimate of drug-likeness (QED) is 0.755. The molecule has 1 N–H and O–H groups in total. The van der Waals surface area contributed by atoms with Gasteiger partial charge in [-0.2, -0.15) is 0 Å². The standard InChI is InChI=1S/C19H30N2O3/c1-6-9-18(22)21(15(4)19(23)20-14(3)7-2)13-16-10-8-11-17(12-16)24-5/h8,10-12,14-15H,6-7,9,13H2,1-5H3,(H,20,23)/t14-,15-/m1/s1. The van der Waals surface area contributed by atoms with E-state index in [0.29, 0.717) is 13.0 Å². The van der Waals surface area contributed by atoms with Crippen molar-refractivity contribution in [2.24, 2.45) is 0 Å². The Bertz CT molecular complexity index is 545. The molecule has 1 aromatic carbocycles. The molecule has 0 aliphatic heterocycles. The number of rotatable bonds is 9. The third kappa shape index (κ3) is 5.87. The zero-order chi connectivity index (χ0) is 18.1. The van der Waals surface area contributed by atoms with Crippen molar-refractivity contribution in [1.29, 1.82) is 0 Å². The van der Waals surface area contributed by atoms with E-state index in [1.165, 1.54) is 0 Å². The van der Waals surface area contributed by atoms with E-state index >= 15 is 0 Å². The van der Waals surface area contributed by atoms with Gasteiger partial charge in [-0.3, -0.25) is 9.59 Å². The van der Waals surface area contributed by atoms with Crippen LogP contribution in [-0.2, 0) is 16.1 Å². The van der Waals surface area contributed by atoms with Gasteiger partial charge in [-0.15, -0.1) is 0 Å². The normalized spacial score (nSPS) is 13.0. The van der Waals surface area contributed by atoms with Gasteiger partial charge in [0.1, 0.15) is 11.8 Å². The number of carbonyl (C=O) groups excluding carboxylic acids is 2. The zero-order valence-electron chi connectivity index (χ0n) is 15.5. The SMILES string of the molecule is CCCC(=O)N(Cc1cccc(OC)c1)[C@H](C)C(=O)N[C@H](C)CC. The lowest BCUT2D eigenvalue weighted by molar-refractivity contribution is -0.140. The van der Waals surface area contributed by atoms with Crippen molar-refractivity contribution < 1.29 is 14.3 Å². The van der Waals surface area contributed by atoms with Gasteiger partial charge in [0.25, 0.3) is 0 Å². The van der Waals surface area contributed by atoms with Crippen LogP contribution in [0.5, 0.6) is 5.75 Å². The second-order valence-corrected chi connectivity index (χ2v) is 6.12. The number of ether oxygens (including phenoxy) is 1. The summed E-state index contributed by atoms with van der Waals surface area (Å²) in [5, 5.41) is 2.96. The monoisotopic (exact) mass is 334 g/mol. The highest BCUT2D eigenvalue weighted by molar-refractivity contribution is 5.87. The summed E-state index contributed by atoms with van der Waals surface area (Å²) in [7, 11) is 1.61. The van der Waals surface area contributed by atoms with Gasteiger partial charge in [0.2, 0.25) is 11.8 Å². The number of nitrogens with one attached hydrogen (secondary N) is 1. The molecule has 0 radical (unpaired) electrons. The third-order valence-corrected chi connectivity index (χ3v) is 4.12. The number of carbonyl (C=O) groups is 2. The number of hydrogen-bond acceptors (Lipinski definition) is 3. The Hall–Kier alpha value is -2.04. The second kappa shape index (κ2) is 9.96. The maximum atomic E-state index is 12.5. The van der Waals surface area contributed by atoms with Crippen LogP contribution in [0.15, 0.2) is 24.3 Å². The van der Waals surface area contributed by atoms with Crippen molar-refractivity contribution in [2.75, 3.05) is 7.11 Å². The van der Waals surface area contributed by atoms with Crippen molar-refractivity contribution in [3.8, 4) is 5.75 Å². The average Bonchev–Trinajstić information content (AvgIpc) is 2.59. The van der Waals surface area contributed by atoms with Crippen molar-refractivity contribution in [2.45, 2.75) is 65.6 Å². The summed E-state index contributed by atoms with van der Waals surface area (Å²) < 4.78 is 5.24. The molecule has 0 heterocycles. The smallest absolute Gasteiger partial charge is 0.242 e. The Balaban J connectivity index is 2.94. The molecule has 0 saturated carbocycles. The summed E-state index contributed by atoms with van der Waals surface area (Å²) in [4.78, 5) is 26.6. The fraction of sp³-hybridized carbons (Fsp3) is 0.579. The molecule has 2 amide bonds. The predicted octanol–water partition coefficient (Wildman–Crippen LogP) is 3.13. The molecule has 24 heavy (non-hydrogen) atoms. The first kappa shape index (κ1) is 20.0. The van der Waals surface area contributed by atoms with Crippen LogP contribution >= 0.6 is 0 Å². The summed E-state index contributed by atoms with van der Waals surface area (Å²) in [6.07, 6.45) is 2.05. The minimum absolute atomic E-state index is 0.00729.